The minimum Gasteiger partial charge on any atom is -0.493 e. The maximum absolute atomic E-state index is 5.68. The third-order valence-electron chi connectivity index (χ3n) is 5.71. The van der Waals surface area contributed by atoms with E-state index < -0.39 is 0 Å². The molecule has 0 unspecified atom stereocenters. The van der Waals surface area contributed by atoms with Crippen molar-refractivity contribution in [3.63, 3.8) is 0 Å². The van der Waals surface area contributed by atoms with Crippen molar-refractivity contribution in [1.82, 2.24) is 0 Å². The quantitative estimate of drug-likeness (QED) is 0.248. The van der Waals surface area contributed by atoms with Crippen LogP contribution in [0.5, 0.6) is 11.5 Å². The summed E-state index contributed by atoms with van der Waals surface area (Å²) in [5, 5.41) is 4.64. The lowest BCUT2D eigenvalue weighted by Gasteiger charge is -2.20. The molecule has 2 nitrogen and oxygen atoms in total. The van der Waals surface area contributed by atoms with Crippen molar-refractivity contribution in [1.29, 1.82) is 0 Å². The highest BCUT2D eigenvalue weighted by Gasteiger charge is 2.20. The molecule has 3 heteroatoms. The maximum atomic E-state index is 5.68. The Morgan fingerprint density at radius 2 is 1.00 bits per heavy atom. The largest absolute Gasteiger partial charge is 0.493 e. The van der Waals surface area contributed by atoms with Gasteiger partial charge in [-0.3, -0.25) is 0 Å². The van der Waals surface area contributed by atoms with Crippen LogP contribution in [0, 0.1) is 0 Å². The summed E-state index contributed by atoms with van der Waals surface area (Å²) in [4.78, 5) is 0. The lowest BCUT2D eigenvalue weighted by Crippen LogP contribution is -1.95. The molecule has 152 valence electrons. The first-order chi connectivity index (χ1) is 15.2. The van der Waals surface area contributed by atoms with Gasteiger partial charge in [-0.15, -0.1) is 0 Å². The smallest absolute Gasteiger partial charge is 0.161 e. The van der Waals surface area contributed by atoms with Crippen LogP contribution in [-0.4, -0.2) is 14.2 Å². The zero-order chi connectivity index (χ0) is 21.4. The van der Waals surface area contributed by atoms with Crippen LogP contribution in [0.25, 0.3) is 43.8 Å². The van der Waals surface area contributed by atoms with Gasteiger partial charge in [0.05, 0.1) is 14.2 Å². The second-order valence-corrected chi connectivity index (χ2v) is 8.34. The number of hydrogen-bond acceptors (Lipinski definition) is 2. The number of methoxy groups -OCH3 is 2. The van der Waals surface area contributed by atoms with Crippen molar-refractivity contribution in [2.24, 2.45) is 0 Å². The highest BCUT2D eigenvalue weighted by molar-refractivity contribution is 9.10. The molecule has 0 aliphatic carbocycles. The Balaban J connectivity index is 2.07. The Bertz CT molecular complexity index is 1390. The van der Waals surface area contributed by atoms with Gasteiger partial charge in [-0.1, -0.05) is 82.7 Å². The molecule has 0 amide bonds. The van der Waals surface area contributed by atoms with E-state index in [2.05, 4.69) is 107 Å². The minimum absolute atomic E-state index is 0.723. The van der Waals surface area contributed by atoms with Gasteiger partial charge in [0.15, 0.2) is 11.5 Å². The summed E-state index contributed by atoms with van der Waals surface area (Å²) in [6, 6.07) is 31.8. The van der Waals surface area contributed by atoms with Gasteiger partial charge in [0, 0.05) is 4.47 Å². The normalized spacial score (nSPS) is 11.1. The first-order valence-electron chi connectivity index (χ1n) is 10.1. The molecule has 0 saturated carbocycles. The molecule has 5 rings (SSSR count). The predicted molar refractivity (Wildman–Crippen MR) is 133 cm³/mol. The number of halogens is 1. The van der Waals surface area contributed by atoms with E-state index >= 15 is 0 Å². The van der Waals surface area contributed by atoms with Gasteiger partial charge in [0.1, 0.15) is 0 Å². The van der Waals surface area contributed by atoms with E-state index in [4.69, 9.17) is 9.47 Å². The molecule has 5 aromatic carbocycles. The second-order valence-electron chi connectivity index (χ2n) is 7.42. The summed E-state index contributed by atoms with van der Waals surface area (Å²) in [5.74, 6) is 1.45. The second kappa shape index (κ2) is 8.09. The van der Waals surface area contributed by atoms with Gasteiger partial charge in [0.2, 0.25) is 0 Å². The van der Waals surface area contributed by atoms with Crippen LogP contribution in [0.2, 0.25) is 0 Å². The molecule has 0 saturated heterocycles. The highest BCUT2D eigenvalue weighted by Crippen LogP contribution is 2.47. The highest BCUT2D eigenvalue weighted by atomic mass is 79.9. The van der Waals surface area contributed by atoms with E-state index in [9.17, 15) is 0 Å². The summed E-state index contributed by atoms with van der Waals surface area (Å²) < 4.78 is 12.4. The molecule has 0 aromatic heterocycles. The van der Waals surface area contributed by atoms with E-state index in [-0.39, 0.29) is 0 Å². The van der Waals surface area contributed by atoms with Crippen LogP contribution < -0.4 is 9.47 Å². The monoisotopic (exact) mass is 468 g/mol. The van der Waals surface area contributed by atoms with Gasteiger partial charge in [-0.2, -0.15) is 0 Å². The third kappa shape index (κ3) is 3.35. The van der Waals surface area contributed by atoms with Crippen LogP contribution in [0.4, 0.5) is 0 Å². The van der Waals surface area contributed by atoms with Crippen LogP contribution in [0.3, 0.4) is 0 Å². The Kier molecular flexibility index (Phi) is 5.13. The zero-order valence-corrected chi connectivity index (χ0v) is 18.9. The molecule has 0 radical (unpaired) electrons. The SMILES string of the molecule is COc1cc2c(-c3ccccc3)c(-c3ccccc3)c3ccc(Br)cc3c2cc1OC. The first kappa shape index (κ1) is 19.7. The molecule has 0 fully saturated rings. The lowest BCUT2D eigenvalue weighted by molar-refractivity contribution is 0.356. The molecule has 5 aromatic rings. The number of rotatable bonds is 4. The molecule has 31 heavy (non-hydrogen) atoms. The van der Waals surface area contributed by atoms with Crippen LogP contribution in [0.1, 0.15) is 0 Å². The maximum Gasteiger partial charge on any atom is 0.161 e. The van der Waals surface area contributed by atoms with Crippen molar-refractivity contribution in [3.8, 4) is 33.8 Å². The zero-order valence-electron chi connectivity index (χ0n) is 17.4. The number of fused-ring (bicyclic) bond motifs is 3. The fraction of sp³-hybridized carbons (Fsp3) is 0.0714. The average Bonchev–Trinajstić information content (AvgIpc) is 2.83. The Morgan fingerprint density at radius 1 is 0.516 bits per heavy atom. The van der Waals surface area contributed by atoms with E-state index in [0.29, 0.717) is 0 Å². The molecule has 0 aliphatic rings. The van der Waals surface area contributed by atoms with Gasteiger partial charge in [-0.05, 0) is 68.1 Å². The fourth-order valence-electron chi connectivity index (χ4n) is 4.34. The molecule has 0 atom stereocenters. The number of hydrogen-bond donors (Lipinski definition) is 0. The molecule has 0 aliphatic heterocycles. The predicted octanol–water partition coefficient (Wildman–Crippen LogP) is 8.11. The summed E-state index contributed by atoms with van der Waals surface area (Å²) >= 11 is 3.67. The number of ether oxygens (including phenoxy) is 2. The van der Waals surface area contributed by atoms with Crippen molar-refractivity contribution in [2.45, 2.75) is 0 Å². The van der Waals surface area contributed by atoms with Gasteiger partial charge in [-0.25, -0.2) is 0 Å². The van der Waals surface area contributed by atoms with Crippen molar-refractivity contribution in [2.75, 3.05) is 14.2 Å². The standard InChI is InChI=1S/C28H21BrO2/c1-30-25-16-23-22-15-20(29)13-14-21(22)27(18-9-5-3-6-10-18)28(19-11-7-4-8-12-19)24(23)17-26(25)31-2/h3-17H,1-2H3. The summed E-state index contributed by atoms with van der Waals surface area (Å²) in [7, 11) is 3.36. The third-order valence-corrected chi connectivity index (χ3v) is 6.20. The Hall–Kier alpha value is -3.30. The van der Waals surface area contributed by atoms with Crippen LogP contribution >= 0.6 is 15.9 Å². The Labute approximate surface area is 190 Å². The van der Waals surface area contributed by atoms with Gasteiger partial charge < -0.3 is 9.47 Å². The van der Waals surface area contributed by atoms with Crippen LogP contribution in [-0.2, 0) is 0 Å². The summed E-state index contributed by atoms with van der Waals surface area (Å²) in [5.41, 5.74) is 4.76. The molecule has 0 spiro atoms. The molecule has 0 N–H and O–H groups in total. The van der Waals surface area contributed by atoms with Crippen LogP contribution in [0.15, 0.2) is 95.5 Å². The van der Waals surface area contributed by atoms with E-state index in [1.54, 1.807) is 14.2 Å². The molecular formula is C28H21BrO2. The summed E-state index contributed by atoms with van der Waals surface area (Å²) in [6.07, 6.45) is 0. The molecular weight excluding hydrogens is 448 g/mol. The average molecular weight is 469 g/mol. The summed E-state index contributed by atoms with van der Waals surface area (Å²) in [6.45, 7) is 0. The topological polar surface area (TPSA) is 18.5 Å². The fourth-order valence-corrected chi connectivity index (χ4v) is 4.71. The van der Waals surface area contributed by atoms with Crippen molar-refractivity contribution in [3.05, 3.63) is 95.5 Å². The van der Waals surface area contributed by atoms with Crippen molar-refractivity contribution < 1.29 is 9.47 Å². The molecule has 0 bridgehead atoms. The van der Waals surface area contributed by atoms with Crippen molar-refractivity contribution >= 4 is 37.5 Å². The van der Waals surface area contributed by atoms with Gasteiger partial charge in [0.25, 0.3) is 0 Å². The first-order valence-corrected chi connectivity index (χ1v) is 10.9. The lowest BCUT2D eigenvalue weighted by atomic mass is 9.85. The van der Waals surface area contributed by atoms with E-state index in [0.717, 1.165) is 26.7 Å². The molecule has 0 heterocycles. The van der Waals surface area contributed by atoms with E-state index in [1.165, 1.54) is 33.0 Å². The van der Waals surface area contributed by atoms with Gasteiger partial charge >= 0.3 is 0 Å². The van der Waals surface area contributed by atoms with E-state index in [1.807, 2.05) is 0 Å². The Morgan fingerprint density at radius 3 is 1.55 bits per heavy atom. The minimum atomic E-state index is 0.723. The number of benzene rings is 5.